The first kappa shape index (κ1) is 30.8. The Balaban J connectivity index is 1.24. The van der Waals surface area contributed by atoms with Gasteiger partial charge in [-0.2, -0.15) is 8.75 Å². The van der Waals surface area contributed by atoms with E-state index in [1.807, 2.05) is 24.3 Å². The van der Waals surface area contributed by atoms with E-state index in [1.165, 1.54) is 49.7 Å². The molecule has 1 heterocycles. The summed E-state index contributed by atoms with van der Waals surface area (Å²) in [5, 5.41) is 0. The number of hydrogen-bond donors (Lipinski definition) is 0. The molecular weight excluding hydrogens is 579 g/mol. The Labute approximate surface area is 269 Å². The van der Waals surface area contributed by atoms with Gasteiger partial charge in [-0.1, -0.05) is 124 Å². The van der Waals surface area contributed by atoms with E-state index in [9.17, 15) is 0 Å². The van der Waals surface area contributed by atoms with Gasteiger partial charge in [0.1, 0.15) is 22.7 Å². The molecule has 0 unspecified atom stereocenters. The lowest BCUT2D eigenvalue weighted by molar-refractivity contribution is 0.631. The van der Waals surface area contributed by atoms with Crippen molar-refractivity contribution in [3.05, 3.63) is 120 Å². The van der Waals surface area contributed by atoms with E-state index in [0.29, 0.717) is 33.3 Å². The maximum absolute atomic E-state index is 15.6. The number of hydrogen-bond acceptors (Lipinski definition) is 3. The number of halogens is 2. The maximum atomic E-state index is 15.6. The van der Waals surface area contributed by atoms with Crippen LogP contribution in [0.25, 0.3) is 55.5 Å². The highest BCUT2D eigenvalue weighted by atomic mass is 32.1. The fourth-order valence-corrected chi connectivity index (χ4v) is 6.59. The van der Waals surface area contributed by atoms with Gasteiger partial charge < -0.3 is 0 Å². The summed E-state index contributed by atoms with van der Waals surface area (Å²) in [6, 6.07) is 31.1. The SMILES string of the molecule is CCCCCc1ccc(-c2ccc(-c3ccc(-c4ccc(-c5ccc(CCCCC)cc5)cc4F)c4nsnc34)c(F)c2)cc1. The largest absolute Gasteiger partial charge is 0.206 e. The van der Waals surface area contributed by atoms with Crippen LogP contribution in [0, 0.1) is 11.6 Å². The minimum Gasteiger partial charge on any atom is -0.206 e. The molecule has 0 amide bonds. The van der Waals surface area contributed by atoms with Crippen molar-refractivity contribution in [2.45, 2.75) is 65.2 Å². The minimum atomic E-state index is -0.325. The molecule has 0 saturated carbocycles. The molecule has 0 saturated heterocycles. The average molecular weight is 617 g/mol. The Kier molecular flexibility index (Phi) is 9.75. The normalized spacial score (nSPS) is 11.4. The molecular formula is C40H38F2N2S. The van der Waals surface area contributed by atoms with Crippen LogP contribution in [-0.4, -0.2) is 8.75 Å². The van der Waals surface area contributed by atoms with E-state index in [-0.39, 0.29) is 11.6 Å². The molecule has 0 N–H and O–H groups in total. The molecule has 6 rings (SSSR count). The van der Waals surface area contributed by atoms with Gasteiger partial charge in [0, 0.05) is 22.3 Å². The average Bonchev–Trinajstić information content (AvgIpc) is 3.56. The van der Waals surface area contributed by atoms with Crippen LogP contribution in [-0.2, 0) is 12.8 Å². The second-order valence-electron chi connectivity index (χ2n) is 11.8. The zero-order valence-corrected chi connectivity index (χ0v) is 26.8. The zero-order valence-electron chi connectivity index (χ0n) is 26.0. The lowest BCUT2D eigenvalue weighted by Gasteiger charge is -2.11. The highest BCUT2D eigenvalue weighted by molar-refractivity contribution is 7.00. The fourth-order valence-electron chi connectivity index (χ4n) is 6.01. The number of nitrogens with zero attached hydrogens (tertiary/aromatic N) is 2. The van der Waals surface area contributed by atoms with Crippen molar-refractivity contribution in [3.63, 3.8) is 0 Å². The summed E-state index contributed by atoms with van der Waals surface area (Å²) in [5.41, 5.74) is 9.58. The van der Waals surface area contributed by atoms with Gasteiger partial charge in [-0.25, -0.2) is 8.78 Å². The van der Waals surface area contributed by atoms with Crippen LogP contribution in [0.1, 0.15) is 63.5 Å². The van der Waals surface area contributed by atoms with Crippen LogP contribution < -0.4 is 0 Å². The van der Waals surface area contributed by atoms with Gasteiger partial charge in [-0.05, 0) is 71.2 Å². The topological polar surface area (TPSA) is 25.8 Å². The first-order chi connectivity index (χ1) is 22.1. The molecule has 1 aromatic heterocycles. The number of aryl methyl sites for hydroxylation is 2. The van der Waals surface area contributed by atoms with Gasteiger partial charge in [0.05, 0.1) is 11.7 Å². The van der Waals surface area contributed by atoms with Gasteiger partial charge in [0.25, 0.3) is 0 Å². The van der Waals surface area contributed by atoms with Crippen molar-refractivity contribution in [2.24, 2.45) is 0 Å². The minimum absolute atomic E-state index is 0.325. The van der Waals surface area contributed by atoms with E-state index in [0.717, 1.165) is 46.8 Å². The molecule has 6 aromatic rings. The first-order valence-corrected chi connectivity index (χ1v) is 16.8. The van der Waals surface area contributed by atoms with Crippen molar-refractivity contribution in [3.8, 4) is 44.5 Å². The molecule has 0 aliphatic carbocycles. The summed E-state index contributed by atoms with van der Waals surface area (Å²) in [5.74, 6) is -0.651. The molecule has 0 atom stereocenters. The zero-order chi connectivity index (χ0) is 31.2. The fraction of sp³-hybridized carbons (Fsp3) is 0.250. The van der Waals surface area contributed by atoms with Crippen molar-refractivity contribution < 1.29 is 8.78 Å². The van der Waals surface area contributed by atoms with Gasteiger partial charge >= 0.3 is 0 Å². The molecule has 0 fully saturated rings. The number of rotatable bonds is 12. The number of aromatic nitrogens is 2. The Bertz CT molecular complexity index is 1750. The highest BCUT2D eigenvalue weighted by Gasteiger charge is 2.18. The summed E-state index contributed by atoms with van der Waals surface area (Å²) in [6.07, 6.45) is 9.36. The van der Waals surface area contributed by atoms with E-state index < -0.39 is 0 Å². The molecule has 0 aliphatic rings. The van der Waals surface area contributed by atoms with Crippen LogP contribution in [0.5, 0.6) is 0 Å². The van der Waals surface area contributed by atoms with E-state index in [2.05, 4.69) is 71.1 Å². The molecule has 228 valence electrons. The van der Waals surface area contributed by atoms with Crippen LogP contribution in [0.3, 0.4) is 0 Å². The van der Waals surface area contributed by atoms with Gasteiger partial charge in [0.2, 0.25) is 0 Å². The third kappa shape index (κ3) is 6.89. The highest BCUT2D eigenvalue weighted by Crippen LogP contribution is 2.38. The first-order valence-electron chi connectivity index (χ1n) is 16.1. The standard InChI is InChI=1S/C40H38F2N2S/c1-3-5-7-9-27-11-15-29(16-12-27)31-19-21-33(37(41)25-31)35-23-24-36(40-39(35)43-45-44-40)34-22-20-32(26-38(34)42)30-17-13-28(14-18-30)10-8-6-4-2/h11-26H,3-10H2,1-2H3. The molecule has 45 heavy (non-hydrogen) atoms. The quantitative estimate of drug-likeness (QED) is 0.128. The molecule has 2 nitrogen and oxygen atoms in total. The van der Waals surface area contributed by atoms with Crippen molar-refractivity contribution in [1.29, 1.82) is 0 Å². The van der Waals surface area contributed by atoms with Crippen molar-refractivity contribution in [2.75, 3.05) is 0 Å². The molecule has 0 radical (unpaired) electrons. The predicted molar refractivity (Wildman–Crippen MR) is 186 cm³/mol. The summed E-state index contributed by atoms with van der Waals surface area (Å²) in [4.78, 5) is 0. The lowest BCUT2D eigenvalue weighted by atomic mass is 9.94. The van der Waals surface area contributed by atoms with Crippen molar-refractivity contribution >= 4 is 22.8 Å². The van der Waals surface area contributed by atoms with E-state index in [4.69, 9.17) is 0 Å². The van der Waals surface area contributed by atoms with Gasteiger partial charge in [-0.15, -0.1) is 0 Å². The van der Waals surface area contributed by atoms with Crippen LogP contribution in [0.4, 0.5) is 8.78 Å². The van der Waals surface area contributed by atoms with Crippen LogP contribution >= 0.6 is 11.7 Å². The monoisotopic (exact) mass is 616 g/mol. The third-order valence-corrected chi connectivity index (χ3v) is 9.17. The third-order valence-electron chi connectivity index (χ3n) is 8.65. The molecule has 5 aromatic carbocycles. The summed E-state index contributed by atoms with van der Waals surface area (Å²) < 4.78 is 40.3. The smallest absolute Gasteiger partial charge is 0.131 e. The maximum Gasteiger partial charge on any atom is 0.131 e. The second-order valence-corrected chi connectivity index (χ2v) is 12.3. The van der Waals surface area contributed by atoms with Crippen LogP contribution in [0.2, 0.25) is 0 Å². The Morgan fingerprint density at radius 2 is 0.844 bits per heavy atom. The number of unbranched alkanes of at least 4 members (excludes halogenated alkanes) is 4. The summed E-state index contributed by atoms with van der Waals surface area (Å²) >= 11 is 1.05. The van der Waals surface area contributed by atoms with Crippen molar-refractivity contribution in [1.82, 2.24) is 8.75 Å². The van der Waals surface area contributed by atoms with E-state index >= 15 is 8.78 Å². The second kappa shape index (κ2) is 14.3. The lowest BCUT2D eigenvalue weighted by Crippen LogP contribution is -1.92. The predicted octanol–water partition coefficient (Wildman–Crippen LogP) is 12.1. The Morgan fingerprint density at radius 3 is 1.22 bits per heavy atom. The van der Waals surface area contributed by atoms with Gasteiger partial charge in [0.15, 0.2) is 0 Å². The number of benzene rings is 5. The van der Waals surface area contributed by atoms with Gasteiger partial charge in [-0.3, -0.25) is 0 Å². The number of fused-ring (bicyclic) bond motifs is 1. The van der Waals surface area contributed by atoms with E-state index in [1.54, 1.807) is 24.3 Å². The Morgan fingerprint density at radius 1 is 0.467 bits per heavy atom. The molecule has 0 spiro atoms. The molecule has 0 aliphatic heterocycles. The Hall–Kier alpha value is -4.22. The van der Waals surface area contributed by atoms with Crippen LogP contribution in [0.15, 0.2) is 97.1 Å². The summed E-state index contributed by atoms with van der Waals surface area (Å²) in [6.45, 7) is 4.42. The summed E-state index contributed by atoms with van der Waals surface area (Å²) in [7, 11) is 0. The molecule has 5 heteroatoms. The molecule has 0 bridgehead atoms.